The number of hydrogen-bond donors (Lipinski definition) is 1. The second-order valence-corrected chi connectivity index (χ2v) is 5.88. The normalized spacial score (nSPS) is 11.1. The molecule has 0 unspecified atom stereocenters. The largest absolute Gasteiger partial charge is 0.378 e. The molecule has 0 bridgehead atoms. The molecule has 2 heterocycles. The van der Waals surface area contributed by atoms with Gasteiger partial charge in [0.1, 0.15) is 5.52 Å². The molecule has 1 N–H and O–H groups in total. The molecular formula is C14H15ClN4S. The van der Waals surface area contributed by atoms with Gasteiger partial charge in [0.15, 0.2) is 0 Å². The zero-order valence-corrected chi connectivity index (χ0v) is 12.7. The third-order valence-electron chi connectivity index (χ3n) is 3.06. The van der Waals surface area contributed by atoms with Gasteiger partial charge in [-0.05, 0) is 18.6 Å². The van der Waals surface area contributed by atoms with Crippen LogP contribution in [-0.4, -0.2) is 14.8 Å². The number of anilines is 1. The van der Waals surface area contributed by atoms with E-state index in [4.69, 9.17) is 11.6 Å². The van der Waals surface area contributed by atoms with E-state index in [1.807, 2.05) is 28.5 Å². The Bertz CT molecular complexity index is 719. The Morgan fingerprint density at radius 1 is 1.40 bits per heavy atom. The first-order valence-electron chi connectivity index (χ1n) is 6.55. The lowest BCUT2D eigenvalue weighted by atomic mass is 10.2. The quantitative estimate of drug-likeness (QED) is 0.769. The van der Waals surface area contributed by atoms with Crippen LogP contribution in [0.4, 0.5) is 5.69 Å². The summed E-state index contributed by atoms with van der Waals surface area (Å²) in [6.07, 6.45) is 5.03. The maximum atomic E-state index is 6.26. The predicted octanol–water partition coefficient (Wildman–Crippen LogP) is 4.17. The Labute approximate surface area is 126 Å². The number of nitrogens with one attached hydrogen (secondary N) is 1. The van der Waals surface area contributed by atoms with Crippen molar-refractivity contribution in [3.8, 4) is 0 Å². The fourth-order valence-corrected chi connectivity index (χ4v) is 3.02. The molecular weight excluding hydrogens is 292 g/mol. The van der Waals surface area contributed by atoms with Crippen LogP contribution in [0.5, 0.6) is 0 Å². The van der Waals surface area contributed by atoms with Crippen molar-refractivity contribution in [1.82, 2.24) is 14.8 Å². The average molecular weight is 307 g/mol. The molecule has 0 amide bonds. The minimum Gasteiger partial charge on any atom is -0.378 e. The summed E-state index contributed by atoms with van der Waals surface area (Å²) in [5.41, 5.74) is 4.81. The second kappa shape index (κ2) is 5.81. The number of thiazole rings is 1. The van der Waals surface area contributed by atoms with Crippen molar-refractivity contribution in [2.45, 2.75) is 26.4 Å². The van der Waals surface area contributed by atoms with Gasteiger partial charge in [0.25, 0.3) is 0 Å². The van der Waals surface area contributed by atoms with Crippen molar-refractivity contribution in [3.05, 3.63) is 40.6 Å². The van der Waals surface area contributed by atoms with Crippen molar-refractivity contribution in [3.63, 3.8) is 0 Å². The van der Waals surface area contributed by atoms with Gasteiger partial charge in [-0.25, -0.2) is 4.98 Å². The summed E-state index contributed by atoms with van der Waals surface area (Å²) in [6.45, 7) is 3.78. The number of benzene rings is 1. The Morgan fingerprint density at radius 3 is 3.15 bits per heavy atom. The molecule has 0 aliphatic heterocycles. The van der Waals surface area contributed by atoms with Crippen LogP contribution < -0.4 is 5.32 Å². The van der Waals surface area contributed by atoms with Crippen LogP contribution in [-0.2, 0) is 13.1 Å². The summed E-state index contributed by atoms with van der Waals surface area (Å²) in [5.74, 6) is 0. The monoisotopic (exact) mass is 306 g/mol. The minimum atomic E-state index is 0.695. The molecule has 0 atom stereocenters. The first kappa shape index (κ1) is 13.4. The molecule has 0 fully saturated rings. The topological polar surface area (TPSA) is 42.7 Å². The lowest BCUT2D eigenvalue weighted by molar-refractivity contribution is 0.602. The molecule has 20 heavy (non-hydrogen) atoms. The Morgan fingerprint density at radius 2 is 2.30 bits per heavy atom. The van der Waals surface area contributed by atoms with Crippen LogP contribution in [0.3, 0.4) is 0 Å². The van der Waals surface area contributed by atoms with Crippen LogP contribution in [0.15, 0.2) is 30.0 Å². The molecule has 3 aromatic rings. The van der Waals surface area contributed by atoms with Gasteiger partial charge in [0, 0.05) is 24.8 Å². The Balaban J connectivity index is 1.79. The number of fused-ring (bicyclic) bond motifs is 1. The van der Waals surface area contributed by atoms with Crippen LogP contribution >= 0.6 is 22.9 Å². The molecule has 0 aliphatic carbocycles. The highest BCUT2D eigenvalue weighted by Crippen LogP contribution is 2.32. The summed E-state index contributed by atoms with van der Waals surface area (Å²) in [6, 6.07) is 3.91. The molecule has 0 radical (unpaired) electrons. The first-order chi connectivity index (χ1) is 9.78. The molecule has 104 valence electrons. The molecule has 0 saturated carbocycles. The van der Waals surface area contributed by atoms with Crippen molar-refractivity contribution in [1.29, 1.82) is 0 Å². The number of aromatic nitrogens is 3. The lowest BCUT2D eigenvalue weighted by Gasteiger charge is -2.07. The zero-order valence-electron chi connectivity index (χ0n) is 11.1. The minimum absolute atomic E-state index is 0.695. The second-order valence-electron chi connectivity index (χ2n) is 4.59. The Kier molecular flexibility index (Phi) is 3.89. The summed E-state index contributed by atoms with van der Waals surface area (Å²) in [5, 5.41) is 8.39. The summed E-state index contributed by atoms with van der Waals surface area (Å²) >= 11 is 7.88. The standard InChI is InChI=1S/C14H15ClN4S/c1-2-5-19-8-10(7-18-19)6-16-13-11(15)3-4-12-14(13)17-9-20-12/h3-4,7-9,16H,2,5-6H2,1H3. The molecule has 0 aliphatic rings. The van der Waals surface area contributed by atoms with E-state index < -0.39 is 0 Å². The maximum absolute atomic E-state index is 6.26. The highest BCUT2D eigenvalue weighted by atomic mass is 35.5. The van der Waals surface area contributed by atoms with Crippen LogP contribution in [0.1, 0.15) is 18.9 Å². The first-order valence-corrected chi connectivity index (χ1v) is 7.80. The molecule has 1 aromatic carbocycles. The third-order valence-corrected chi connectivity index (χ3v) is 4.17. The van der Waals surface area contributed by atoms with Gasteiger partial charge >= 0.3 is 0 Å². The van der Waals surface area contributed by atoms with Crippen molar-refractivity contribution < 1.29 is 0 Å². The molecule has 4 nitrogen and oxygen atoms in total. The molecule has 0 spiro atoms. The molecule has 0 saturated heterocycles. The average Bonchev–Trinajstić information content (AvgIpc) is 3.07. The van der Waals surface area contributed by atoms with Crippen LogP contribution in [0.25, 0.3) is 10.2 Å². The van der Waals surface area contributed by atoms with E-state index in [-0.39, 0.29) is 0 Å². The van der Waals surface area contributed by atoms with E-state index in [2.05, 4.69) is 28.5 Å². The van der Waals surface area contributed by atoms with E-state index in [1.54, 1.807) is 11.3 Å². The van der Waals surface area contributed by atoms with Crippen molar-refractivity contribution >= 4 is 38.8 Å². The van der Waals surface area contributed by atoms with Gasteiger partial charge < -0.3 is 5.32 Å². The van der Waals surface area contributed by atoms with Gasteiger partial charge in [0.05, 0.1) is 27.1 Å². The maximum Gasteiger partial charge on any atom is 0.106 e. The van der Waals surface area contributed by atoms with Crippen LogP contribution in [0.2, 0.25) is 5.02 Å². The summed E-state index contributed by atoms with van der Waals surface area (Å²) in [4.78, 5) is 4.38. The van der Waals surface area contributed by atoms with Crippen molar-refractivity contribution in [2.24, 2.45) is 0 Å². The SMILES string of the molecule is CCCn1cc(CNc2c(Cl)ccc3scnc23)cn1. The van der Waals surface area contributed by atoms with Gasteiger partial charge in [-0.1, -0.05) is 18.5 Å². The summed E-state index contributed by atoms with van der Waals surface area (Å²) < 4.78 is 3.10. The number of aryl methyl sites for hydroxylation is 1. The number of rotatable bonds is 5. The highest BCUT2D eigenvalue weighted by molar-refractivity contribution is 7.16. The van der Waals surface area contributed by atoms with Gasteiger partial charge in [-0.2, -0.15) is 5.10 Å². The number of halogens is 1. The molecule has 3 rings (SSSR count). The van der Waals surface area contributed by atoms with Crippen molar-refractivity contribution in [2.75, 3.05) is 5.32 Å². The molecule has 6 heteroatoms. The smallest absolute Gasteiger partial charge is 0.106 e. The van der Waals surface area contributed by atoms with E-state index in [1.165, 1.54) is 0 Å². The summed E-state index contributed by atoms with van der Waals surface area (Å²) in [7, 11) is 0. The predicted molar refractivity (Wildman–Crippen MR) is 84.5 cm³/mol. The van der Waals surface area contributed by atoms with Gasteiger partial charge in [-0.3, -0.25) is 4.68 Å². The third kappa shape index (κ3) is 2.64. The fourth-order valence-electron chi connectivity index (χ4n) is 2.11. The zero-order chi connectivity index (χ0) is 13.9. The number of hydrogen-bond acceptors (Lipinski definition) is 4. The fraction of sp³-hybridized carbons (Fsp3) is 0.286. The van der Waals surface area contributed by atoms with Crippen LogP contribution in [0, 0.1) is 0 Å². The van der Waals surface area contributed by atoms with E-state index in [0.29, 0.717) is 11.6 Å². The van der Waals surface area contributed by atoms with Gasteiger partial charge in [-0.15, -0.1) is 11.3 Å². The highest BCUT2D eigenvalue weighted by Gasteiger charge is 2.08. The Hall–Kier alpha value is -1.59. The van der Waals surface area contributed by atoms with E-state index >= 15 is 0 Å². The number of nitrogens with zero attached hydrogens (tertiary/aromatic N) is 3. The van der Waals surface area contributed by atoms with E-state index in [9.17, 15) is 0 Å². The molecule has 2 aromatic heterocycles. The van der Waals surface area contributed by atoms with Gasteiger partial charge in [0.2, 0.25) is 0 Å². The lowest BCUT2D eigenvalue weighted by Crippen LogP contribution is -2.00. The van der Waals surface area contributed by atoms with E-state index in [0.717, 1.165) is 34.4 Å².